The second-order valence-corrected chi connectivity index (χ2v) is 7.14. The Hall–Kier alpha value is -1.30. The van der Waals surface area contributed by atoms with Gasteiger partial charge in [0.1, 0.15) is 0 Å². The van der Waals surface area contributed by atoms with E-state index in [1.807, 2.05) is 11.0 Å². The summed E-state index contributed by atoms with van der Waals surface area (Å²) in [5.41, 5.74) is 0.134. The van der Waals surface area contributed by atoms with Crippen molar-refractivity contribution < 1.29 is 14.7 Å². The number of likely N-dealkylation sites (N-methyl/N-ethyl adjacent to an activating group) is 1. The Balaban J connectivity index is 1.90. The third-order valence-corrected chi connectivity index (χ3v) is 5.00. The molecule has 126 valence electrons. The number of hydrogen-bond acceptors (Lipinski definition) is 3. The first-order chi connectivity index (χ1) is 10.7. The van der Waals surface area contributed by atoms with Gasteiger partial charge in [-0.3, -0.25) is 14.5 Å². The van der Waals surface area contributed by atoms with Crippen LogP contribution in [0.25, 0.3) is 0 Å². The summed E-state index contributed by atoms with van der Waals surface area (Å²) < 4.78 is 0. The van der Waals surface area contributed by atoms with Crippen molar-refractivity contribution in [1.29, 1.82) is 0 Å². The highest BCUT2D eigenvalue weighted by Crippen LogP contribution is 2.30. The van der Waals surface area contributed by atoms with E-state index in [0.29, 0.717) is 36.1 Å². The maximum Gasteiger partial charge on any atom is 0.310 e. The molecule has 1 amide bonds. The van der Waals surface area contributed by atoms with Crippen molar-refractivity contribution in [2.75, 3.05) is 26.7 Å². The van der Waals surface area contributed by atoms with Crippen molar-refractivity contribution in [3.63, 3.8) is 0 Å². The zero-order valence-electron chi connectivity index (χ0n) is 13.2. The highest BCUT2D eigenvalue weighted by Gasteiger charge is 2.40. The number of nitrogens with zero attached hydrogens (tertiary/aromatic N) is 2. The summed E-state index contributed by atoms with van der Waals surface area (Å²) in [5, 5.41) is 10.2. The molecule has 1 aromatic carbocycles. The summed E-state index contributed by atoms with van der Waals surface area (Å²) >= 11 is 11.9. The van der Waals surface area contributed by atoms with Crippen LogP contribution in [-0.4, -0.2) is 53.5 Å². The minimum absolute atomic E-state index is 0.0503. The van der Waals surface area contributed by atoms with E-state index in [9.17, 15) is 14.7 Å². The van der Waals surface area contributed by atoms with Crippen molar-refractivity contribution in [2.24, 2.45) is 5.41 Å². The number of amides is 1. The number of benzene rings is 1. The van der Waals surface area contributed by atoms with Crippen LogP contribution in [0.5, 0.6) is 0 Å². The Kier molecular flexibility index (Phi) is 5.55. The second-order valence-electron chi connectivity index (χ2n) is 6.32. The lowest BCUT2D eigenvalue weighted by atomic mass is 9.90. The zero-order chi connectivity index (χ0) is 17.2. The second kappa shape index (κ2) is 7.07. The van der Waals surface area contributed by atoms with Crippen molar-refractivity contribution in [3.05, 3.63) is 33.8 Å². The lowest BCUT2D eigenvalue weighted by Crippen LogP contribution is -2.39. The molecule has 1 aliphatic rings. The van der Waals surface area contributed by atoms with E-state index in [0.717, 1.165) is 5.56 Å². The van der Waals surface area contributed by atoms with Gasteiger partial charge in [-0.15, -0.1) is 0 Å². The number of carboxylic acids is 1. The van der Waals surface area contributed by atoms with Crippen LogP contribution in [0.15, 0.2) is 18.2 Å². The number of carbonyl (C=O) groups excluding carboxylic acids is 1. The molecule has 0 bridgehead atoms. The quantitative estimate of drug-likeness (QED) is 0.878. The van der Waals surface area contributed by atoms with Crippen LogP contribution in [0.4, 0.5) is 0 Å². The summed E-state index contributed by atoms with van der Waals surface area (Å²) in [4.78, 5) is 27.1. The zero-order valence-corrected chi connectivity index (χ0v) is 14.7. The van der Waals surface area contributed by atoms with Crippen LogP contribution in [0, 0.1) is 5.41 Å². The average Bonchev–Trinajstić information content (AvgIpc) is 2.85. The van der Waals surface area contributed by atoms with E-state index in [1.165, 1.54) is 0 Å². The Bertz CT molecular complexity index is 623. The van der Waals surface area contributed by atoms with Gasteiger partial charge in [0.05, 0.1) is 22.0 Å². The number of rotatable bonds is 5. The van der Waals surface area contributed by atoms with E-state index in [-0.39, 0.29) is 12.5 Å². The molecule has 1 heterocycles. The van der Waals surface area contributed by atoms with Crippen molar-refractivity contribution in [1.82, 2.24) is 9.80 Å². The molecule has 1 aromatic rings. The van der Waals surface area contributed by atoms with Gasteiger partial charge in [-0.25, -0.2) is 0 Å². The number of halogens is 2. The van der Waals surface area contributed by atoms with Crippen LogP contribution in [0.1, 0.15) is 18.9 Å². The SMILES string of the molecule is CN(Cc1ccc(Cl)c(Cl)c1)C(=O)CN1CCC(C)(C(=O)O)C1. The summed E-state index contributed by atoms with van der Waals surface area (Å²) in [6.07, 6.45) is 0.562. The first-order valence-corrected chi connectivity index (χ1v) is 8.10. The Morgan fingerprint density at radius 3 is 2.61 bits per heavy atom. The maximum absolute atomic E-state index is 12.3. The molecule has 23 heavy (non-hydrogen) atoms. The molecule has 2 rings (SSSR count). The van der Waals surface area contributed by atoms with Gasteiger partial charge in [0.15, 0.2) is 0 Å². The fourth-order valence-corrected chi connectivity index (χ4v) is 3.00. The number of carboxylic acid groups (broad SMARTS) is 1. The maximum atomic E-state index is 12.3. The van der Waals surface area contributed by atoms with Gasteiger partial charge >= 0.3 is 5.97 Å². The molecule has 1 N–H and O–H groups in total. The Morgan fingerprint density at radius 1 is 1.35 bits per heavy atom. The van der Waals surface area contributed by atoms with E-state index in [1.54, 1.807) is 31.0 Å². The number of aliphatic carboxylic acids is 1. The molecular formula is C16H20Cl2N2O3. The summed E-state index contributed by atoms with van der Waals surface area (Å²) in [7, 11) is 1.72. The van der Waals surface area contributed by atoms with Crippen LogP contribution in [-0.2, 0) is 16.1 Å². The predicted octanol–water partition coefficient (Wildman–Crippen LogP) is 2.75. The van der Waals surface area contributed by atoms with Gasteiger partial charge in [0.2, 0.25) is 5.91 Å². The lowest BCUT2D eigenvalue weighted by Gasteiger charge is -2.23. The van der Waals surface area contributed by atoms with Gasteiger partial charge in [0, 0.05) is 20.1 Å². The van der Waals surface area contributed by atoms with Crippen LogP contribution >= 0.6 is 23.2 Å². The first kappa shape index (κ1) is 18.0. The third kappa shape index (κ3) is 4.37. The van der Waals surface area contributed by atoms with E-state index >= 15 is 0 Å². The molecule has 7 heteroatoms. The molecule has 1 fully saturated rings. The highest BCUT2D eigenvalue weighted by molar-refractivity contribution is 6.42. The van der Waals surface area contributed by atoms with E-state index in [4.69, 9.17) is 23.2 Å². The minimum atomic E-state index is -0.809. The largest absolute Gasteiger partial charge is 0.481 e. The van der Waals surface area contributed by atoms with Gasteiger partial charge in [-0.2, -0.15) is 0 Å². The minimum Gasteiger partial charge on any atom is -0.481 e. The molecule has 1 atom stereocenters. The van der Waals surface area contributed by atoms with Gasteiger partial charge in [-0.1, -0.05) is 29.3 Å². The van der Waals surface area contributed by atoms with Crippen LogP contribution < -0.4 is 0 Å². The van der Waals surface area contributed by atoms with Crippen LogP contribution in [0.3, 0.4) is 0 Å². The Labute approximate surface area is 145 Å². The third-order valence-electron chi connectivity index (χ3n) is 4.26. The summed E-state index contributed by atoms with van der Waals surface area (Å²) in [6, 6.07) is 5.27. The molecule has 0 aliphatic carbocycles. The number of carbonyl (C=O) groups is 2. The molecule has 0 spiro atoms. The average molecular weight is 359 g/mol. The predicted molar refractivity (Wildman–Crippen MR) is 89.7 cm³/mol. The fourth-order valence-electron chi connectivity index (χ4n) is 2.68. The van der Waals surface area contributed by atoms with Gasteiger partial charge in [0.25, 0.3) is 0 Å². The molecule has 5 nitrogen and oxygen atoms in total. The fraction of sp³-hybridized carbons (Fsp3) is 0.500. The molecule has 1 unspecified atom stereocenters. The molecular weight excluding hydrogens is 339 g/mol. The number of hydrogen-bond donors (Lipinski definition) is 1. The van der Waals surface area contributed by atoms with E-state index in [2.05, 4.69) is 0 Å². The van der Waals surface area contributed by atoms with Gasteiger partial charge in [-0.05, 0) is 37.6 Å². The normalized spacial score (nSPS) is 21.4. The number of likely N-dealkylation sites (tertiary alicyclic amines) is 1. The Morgan fingerprint density at radius 2 is 2.04 bits per heavy atom. The molecule has 1 saturated heterocycles. The lowest BCUT2D eigenvalue weighted by molar-refractivity contribution is -0.147. The highest BCUT2D eigenvalue weighted by atomic mass is 35.5. The summed E-state index contributed by atoms with van der Waals surface area (Å²) in [5.74, 6) is -0.859. The first-order valence-electron chi connectivity index (χ1n) is 7.35. The molecule has 0 saturated carbocycles. The summed E-state index contributed by atoms with van der Waals surface area (Å²) in [6.45, 7) is 3.39. The van der Waals surface area contributed by atoms with Crippen LogP contribution in [0.2, 0.25) is 10.0 Å². The van der Waals surface area contributed by atoms with Crippen molar-refractivity contribution in [3.8, 4) is 0 Å². The molecule has 1 aliphatic heterocycles. The molecule has 0 aromatic heterocycles. The monoisotopic (exact) mass is 358 g/mol. The van der Waals surface area contributed by atoms with Gasteiger partial charge < -0.3 is 10.0 Å². The van der Waals surface area contributed by atoms with E-state index < -0.39 is 11.4 Å². The van der Waals surface area contributed by atoms with Crippen molar-refractivity contribution >= 4 is 35.1 Å². The smallest absolute Gasteiger partial charge is 0.310 e. The molecule has 0 radical (unpaired) electrons. The standard InChI is InChI=1S/C16H20Cl2N2O3/c1-16(15(22)23)5-6-20(10-16)9-14(21)19(2)8-11-3-4-12(17)13(18)7-11/h3-4,7H,5-6,8-10H2,1-2H3,(H,22,23). The topological polar surface area (TPSA) is 60.9 Å². The van der Waals surface area contributed by atoms with Crippen molar-refractivity contribution in [2.45, 2.75) is 19.9 Å².